The number of aromatic nitrogens is 2. The van der Waals surface area contributed by atoms with Gasteiger partial charge in [0.2, 0.25) is 0 Å². The Morgan fingerprint density at radius 3 is 2.92 bits per heavy atom. The first-order valence-electron chi connectivity index (χ1n) is 8.77. The predicted molar refractivity (Wildman–Crippen MR) is 99.7 cm³/mol. The molecule has 0 atom stereocenters. The van der Waals surface area contributed by atoms with Crippen LogP contribution in [0.25, 0.3) is 0 Å². The Hall–Kier alpha value is -2.56. The number of carbonyl (C=O) groups excluding carboxylic acids is 1. The number of benzene rings is 1. The van der Waals surface area contributed by atoms with Gasteiger partial charge in [-0.2, -0.15) is 5.10 Å². The number of nitrogens with one attached hydrogen (secondary N) is 1. The lowest BCUT2D eigenvalue weighted by Crippen LogP contribution is -2.25. The Morgan fingerprint density at radius 1 is 1.36 bits per heavy atom. The van der Waals surface area contributed by atoms with E-state index in [0.29, 0.717) is 18.8 Å². The fraction of sp³-hybridized carbons (Fsp3) is 0.400. The highest BCUT2D eigenvalue weighted by Crippen LogP contribution is 2.14. The molecule has 1 N–H and O–H groups in total. The molecule has 0 saturated carbocycles. The zero-order chi connectivity index (χ0) is 18.1. The molecule has 0 bridgehead atoms. The molecular formula is C20H27N3O2. The van der Waals surface area contributed by atoms with Crippen molar-refractivity contribution in [3.8, 4) is 5.75 Å². The Kier molecular flexibility index (Phi) is 7.26. The Morgan fingerprint density at radius 2 is 2.20 bits per heavy atom. The van der Waals surface area contributed by atoms with Crippen LogP contribution in [0.2, 0.25) is 0 Å². The summed E-state index contributed by atoms with van der Waals surface area (Å²) in [6.07, 6.45) is 5.85. The lowest BCUT2D eigenvalue weighted by Gasteiger charge is -2.09. The number of carbonyl (C=O) groups is 1. The van der Waals surface area contributed by atoms with Crippen LogP contribution in [0, 0.1) is 0 Å². The van der Waals surface area contributed by atoms with E-state index in [9.17, 15) is 4.79 Å². The molecule has 5 nitrogen and oxygen atoms in total. The van der Waals surface area contributed by atoms with Gasteiger partial charge in [-0.3, -0.25) is 9.48 Å². The van der Waals surface area contributed by atoms with Gasteiger partial charge in [-0.1, -0.05) is 25.1 Å². The van der Waals surface area contributed by atoms with Crippen LogP contribution in [-0.2, 0) is 20.0 Å². The van der Waals surface area contributed by atoms with Crippen molar-refractivity contribution in [1.82, 2.24) is 15.1 Å². The maximum Gasteiger partial charge on any atom is 0.269 e. The normalized spacial score (nSPS) is 10.5. The van der Waals surface area contributed by atoms with Gasteiger partial charge >= 0.3 is 0 Å². The predicted octanol–water partition coefficient (Wildman–Crippen LogP) is 3.65. The number of hydrogen-bond acceptors (Lipinski definition) is 3. The van der Waals surface area contributed by atoms with Crippen molar-refractivity contribution in [2.24, 2.45) is 7.05 Å². The highest BCUT2D eigenvalue weighted by atomic mass is 16.5. The van der Waals surface area contributed by atoms with Gasteiger partial charge in [0.25, 0.3) is 5.91 Å². The number of allylic oxidation sites excluding steroid dienone is 1. The zero-order valence-electron chi connectivity index (χ0n) is 15.1. The van der Waals surface area contributed by atoms with E-state index in [2.05, 4.69) is 17.0 Å². The van der Waals surface area contributed by atoms with Gasteiger partial charge in [0.05, 0.1) is 12.3 Å². The van der Waals surface area contributed by atoms with Gasteiger partial charge in [0.15, 0.2) is 0 Å². The molecule has 0 fully saturated rings. The number of nitrogens with zero attached hydrogens (tertiary/aromatic N) is 2. The SMILES string of the molecule is C=CCCCCOc1cccc(CNC(=O)c2cc(CC)nn2C)c1. The van der Waals surface area contributed by atoms with Crippen molar-refractivity contribution in [3.63, 3.8) is 0 Å². The summed E-state index contributed by atoms with van der Waals surface area (Å²) in [6.45, 7) is 6.89. The summed E-state index contributed by atoms with van der Waals surface area (Å²) in [5.41, 5.74) is 2.50. The lowest BCUT2D eigenvalue weighted by molar-refractivity contribution is 0.0941. The molecule has 0 aliphatic rings. The fourth-order valence-corrected chi connectivity index (χ4v) is 2.51. The van der Waals surface area contributed by atoms with Crippen molar-refractivity contribution in [1.29, 1.82) is 0 Å². The second-order valence-electron chi connectivity index (χ2n) is 5.96. The summed E-state index contributed by atoms with van der Waals surface area (Å²) in [5.74, 6) is 0.713. The molecule has 1 heterocycles. The van der Waals surface area contributed by atoms with Crippen LogP contribution < -0.4 is 10.1 Å². The van der Waals surface area contributed by atoms with Gasteiger partial charge in [-0.15, -0.1) is 6.58 Å². The first-order chi connectivity index (χ1) is 12.1. The van der Waals surface area contributed by atoms with E-state index in [-0.39, 0.29) is 5.91 Å². The van der Waals surface area contributed by atoms with E-state index >= 15 is 0 Å². The number of ether oxygens (including phenoxy) is 1. The van der Waals surface area contributed by atoms with Gasteiger partial charge < -0.3 is 10.1 Å². The maximum atomic E-state index is 12.3. The molecule has 5 heteroatoms. The summed E-state index contributed by atoms with van der Waals surface area (Å²) < 4.78 is 7.38. The molecule has 1 aromatic carbocycles. The van der Waals surface area contributed by atoms with Crippen LogP contribution in [0.4, 0.5) is 0 Å². The van der Waals surface area contributed by atoms with Crippen LogP contribution in [0.1, 0.15) is 47.9 Å². The fourth-order valence-electron chi connectivity index (χ4n) is 2.51. The third-order valence-electron chi connectivity index (χ3n) is 3.95. The largest absolute Gasteiger partial charge is 0.494 e. The third-order valence-corrected chi connectivity index (χ3v) is 3.95. The maximum absolute atomic E-state index is 12.3. The molecule has 0 unspecified atom stereocenters. The molecule has 1 aromatic heterocycles. The first-order valence-corrected chi connectivity index (χ1v) is 8.77. The van der Waals surface area contributed by atoms with E-state index in [1.807, 2.05) is 43.3 Å². The highest BCUT2D eigenvalue weighted by Gasteiger charge is 2.12. The van der Waals surface area contributed by atoms with Gasteiger partial charge in [0, 0.05) is 13.6 Å². The van der Waals surface area contributed by atoms with Crippen molar-refractivity contribution >= 4 is 5.91 Å². The molecule has 0 radical (unpaired) electrons. The number of unbranched alkanes of at least 4 members (excludes halogenated alkanes) is 2. The van der Waals surface area contributed by atoms with Crippen molar-refractivity contribution < 1.29 is 9.53 Å². The first kappa shape index (κ1) is 18.8. The number of hydrogen-bond donors (Lipinski definition) is 1. The van der Waals surface area contributed by atoms with Crippen LogP contribution in [0.3, 0.4) is 0 Å². The molecule has 0 saturated heterocycles. The van der Waals surface area contributed by atoms with E-state index < -0.39 is 0 Å². The smallest absolute Gasteiger partial charge is 0.269 e. The molecule has 2 aromatic rings. The monoisotopic (exact) mass is 341 g/mol. The highest BCUT2D eigenvalue weighted by molar-refractivity contribution is 5.92. The Balaban J connectivity index is 1.85. The van der Waals surface area contributed by atoms with Gasteiger partial charge in [-0.05, 0) is 49.4 Å². The lowest BCUT2D eigenvalue weighted by atomic mass is 10.2. The van der Waals surface area contributed by atoms with Crippen molar-refractivity contribution in [3.05, 3.63) is 59.9 Å². The van der Waals surface area contributed by atoms with Crippen LogP contribution >= 0.6 is 0 Å². The molecule has 0 aliphatic heterocycles. The van der Waals surface area contributed by atoms with E-state index in [0.717, 1.165) is 42.7 Å². The van der Waals surface area contributed by atoms with Crippen molar-refractivity contribution in [2.75, 3.05) is 6.61 Å². The minimum absolute atomic E-state index is 0.120. The van der Waals surface area contributed by atoms with Crippen molar-refractivity contribution in [2.45, 2.75) is 39.2 Å². The topological polar surface area (TPSA) is 56.1 Å². The second kappa shape index (κ2) is 9.67. The van der Waals surface area contributed by atoms with Crippen LogP contribution in [0.5, 0.6) is 5.75 Å². The molecule has 0 spiro atoms. The average molecular weight is 341 g/mol. The molecule has 25 heavy (non-hydrogen) atoms. The second-order valence-corrected chi connectivity index (χ2v) is 5.96. The molecular weight excluding hydrogens is 314 g/mol. The number of amides is 1. The summed E-state index contributed by atoms with van der Waals surface area (Å²) in [7, 11) is 1.79. The van der Waals surface area contributed by atoms with E-state index in [1.54, 1.807) is 11.7 Å². The quantitative estimate of drug-likeness (QED) is 0.530. The minimum atomic E-state index is -0.120. The zero-order valence-corrected chi connectivity index (χ0v) is 15.1. The standard InChI is InChI=1S/C20H27N3O2/c1-4-6-7-8-12-25-18-11-9-10-16(13-18)15-21-20(24)19-14-17(5-2)22-23(19)3/h4,9-11,13-14H,1,5-8,12,15H2,2-3H3,(H,21,24). The summed E-state index contributed by atoms with van der Waals surface area (Å²) in [5, 5.41) is 7.24. The summed E-state index contributed by atoms with van der Waals surface area (Å²) in [4.78, 5) is 12.3. The minimum Gasteiger partial charge on any atom is -0.494 e. The third kappa shape index (κ3) is 5.78. The molecule has 134 valence electrons. The molecule has 0 aliphatic carbocycles. The van der Waals surface area contributed by atoms with E-state index in [4.69, 9.17) is 4.74 Å². The number of aryl methyl sites for hydroxylation is 2. The Labute approximate surface area is 149 Å². The molecule has 2 rings (SSSR count). The van der Waals surface area contributed by atoms with E-state index in [1.165, 1.54) is 0 Å². The van der Waals surface area contributed by atoms with Gasteiger partial charge in [-0.25, -0.2) is 0 Å². The Bertz CT molecular complexity index is 707. The molecule has 1 amide bonds. The van der Waals surface area contributed by atoms with Gasteiger partial charge in [0.1, 0.15) is 11.4 Å². The summed E-state index contributed by atoms with van der Waals surface area (Å²) in [6, 6.07) is 9.66. The number of rotatable bonds is 10. The average Bonchev–Trinajstić information content (AvgIpc) is 3.01. The van der Waals surface area contributed by atoms with Crippen LogP contribution in [0.15, 0.2) is 43.0 Å². The summed E-state index contributed by atoms with van der Waals surface area (Å²) >= 11 is 0. The van der Waals surface area contributed by atoms with Crippen LogP contribution in [-0.4, -0.2) is 22.3 Å².